The monoisotopic (exact) mass is 473 g/mol. The normalized spacial score (nSPS) is 37.9. The quantitative estimate of drug-likeness (QED) is 0.427. The van der Waals surface area contributed by atoms with E-state index in [9.17, 15) is 18.4 Å². The van der Waals surface area contributed by atoms with Gasteiger partial charge in [0.25, 0.3) is 0 Å². The summed E-state index contributed by atoms with van der Waals surface area (Å²) in [5.41, 5.74) is 0.443. The van der Waals surface area contributed by atoms with Crippen molar-refractivity contribution in [1.29, 1.82) is 0 Å². The van der Waals surface area contributed by atoms with Crippen molar-refractivity contribution >= 4 is 12.1 Å². The smallest absolute Gasteiger partial charge is 0.410 e. The van der Waals surface area contributed by atoms with Crippen LogP contribution in [0.2, 0.25) is 0 Å². The van der Waals surface area contributed by atoms with E-state index < -0.39 is 48.1 Å². The topological polar surface area (TPSA) is 101 Å². The van der Waals surface area contributed by atoms with Crippen LogP contribution in [0.1, 0.15) is 46.5 Å². The maximum absolute atomic E-state index is 13.4. The van der Waals surface area contributed by atoms with E-state index in [1.165, 1.54) is 10.5 Å². The first-order valence-electron chi connectivity index (χ1n) is 11.5. The number of allylic oxidation sites excluding steroid dienone is 1. The molecule has 0 aromatic heterocycles. The van der Waals surface area contributed by atoms with Gasteiger partial charge in [-0.05, 0) is 40.0 Å². The third-order valence-corrected chi connectivity index (χ3v) is 7.56. The van der Waals surface area contributed by atoms with Crippen molar-refractivity contribution < 1.29 is 42.4 Å². The molecule has 33 heavy (non-hydrogen) atoms. The summed E-state index contributed by atoms with van der Waals surface area (Å²) in [5.74, 6) is -6.61. The molecule has 186 valence electrons. The van der Waals surface area contributed by atoms with Crippen molar-refractivity contribution in [2.24, 2.45) is 11.8 Å². The molecule has 1 amide bonds. The summed E-state index contributed by atoms with van der Waals surface area (Å²) in [6.45, 7) is 6.87. The van der Waals surface area contributed by atoms with E-state index in [4.69, 9.17) is 24.1 Å². The Hall–Kier alpha value is -1.78. The molecule has 1 saturated carbocycles. The molecule has 1 N–H and O–H groups in total. The number of rotatable bonds is 8. The number of hydrogen-bond acceptors (Lipinski definition) is 6. The average Bonchev–Trinajstić information content (AvgIpc) is 3.61. The van der Waals surface area contributed by atoms with Crippen LogP contribution in [0.5, 0.6) is 0 Å². The summed E-state index contributed by atoms with van der Waals surface area (Å²) >= 11 is 0. The van der Waals surface area contributed by atoms with Crippen molar-refractivity contribution in [2.75, 3.05) is 26.8 Å². The number of likely N-dealkylation sites (tertiary alicyclic amines) is 1. The fraction of sp³-hybridized carbons (Fsp3) is 0.826. The predicted octanol–water partition coefficient (Wildman–Crippen LogP) is 3.24. The number of carboxylic acids is 1. The first-order chi connectivity index (χ1) is 15.4. The minimum atomic E-state index is -3.79. The molecular weight excluding hydrogens is 440 g/mol. The van der Waals surface area contributed by atoms with E-state index in [-0.39, 0.29) is 30.7 Å². The summed E-state index contributed by atoms with van der Waals surface area (Å²) < 4.78 is 50.5. The number of ether oxygens (including phenoxy) is 4. The number of amides is 1. The second-order valence-corrected chi connectivity index (χ2v) is 10.3. The van der Waals surface area contributed by atoms with E-state index in [1.54, 1.807) is 7.11 Å². The molecule has 4 rings (SSSR count). The number of alkyl halides is 2. The molecule has 0 radical (unpaired) electrons. The largest absolute Gasteiger partial charge is 0.477 e. The Balaban J connectivity index is 1.37. The van der Waals surface area contributed by atoms with Gasteiger partial charge >= 0.3 is 18.0 Å². The van der Waals surface area contributed by atoms with E-state index in [0.29, 0.717) is 13.0 Å². The SMILES string of the molecule is CO[C@@H]1[C@H](OC(=O)N2CC(CC(F)(F)C(=O)O)C2)CC[C@]2(CO2)[C@H]1[C@@]1(C)OC1CC=C(C)C. The fourth-order valence-electron chi connectivity index (χ4n) is 5.57. The molecule has 1 aliphatic carbocycles. The van der Waals surface area contributed by atoms with Crippen LogP contribution in [0.25, 0.3) is 0 Å². The zero-order valence-electron chi connectivity index (χ0n) is 19.5. The first kappa shape index (κ1) is 24.3. The van der Waals surface area contributed by atoms with Crippen LogP contribution in [-0.2, 0) is 23.7 Å². The highest BCUT2D eigenvalue weighted by Crippen LogP contribution is 2.59. The predicted molar refractivity (Wildman–Crippen MR) is 112 cm³/mol. The number of carboxylic acid groups (broad SMARTS) is 1. The first-order valence-corrected chi connectivity index (χ1v) is 11.5. The molecule has 3 heterocycles. The minimum Gasteiger partial charge on any atom is -0.477 e. The lowest BCUT2D eigenvalue weighted by atomic mass is 9.68. The Kier molecular flexibility index (Phi) is 6.24. The zero-order valence-corrected chi connectivity index (χ0v) is 19.5. The third-order valence-electron chi connectivity index (χ3n) is 7.56. The summed E-state index contributed by atoms with van der Waals surface area (Å²) in [4.78, 5) is 24.6. The molecule has 0 bridgehead atoms. The molecule has 3 saturated heterocycles. The molecule has 8 nitrogen and oxygen atoms in total. The van der Waals surface area contributed by atoms with Crippen LogP contribution >= 0.6 is 0 Å². The van der Waals surface area contributed by atoms with Gasteiger partial charge in [0.2, 0.25) is 0 Å². The maximum atomic E-state index is 13.4. The molecule has 3 aliphatic heterocycles. The third kappa shape index (κ3) is 4.61. The highest BCUT2D eigenvalue weighted by atomic mass is 19.3. The van der Waals surface area contributed by atoms with Gasteiger partial charge < -0.3 is 29.0 Å². The number of hydrogen-bond donors (Lipinski definition) is 1. The number of aliphatic carboxylic acids is 1. The van der Waals surface area contributed by atoms with Crippen LogP contribution in [0, 0.1) is 11.8 Å². The maximum Gasteiger partial charge on any atom is 0.410 e. The second-order valence-electron chi connectivity index (χ2n) is 10.3. The lowest BCUT2D eigenvalue weighted by Gasteiger charge is -2.44. The van der Waals surface area contributed by atoms with Gasteiger partial charge in [-0.25, -0.2) is 9.59 Å². The molecule has 4 fully saturated rings. The van der Waals surface area contributed by atoms with Crippen molar-refractivity contribution in [3.63, 3.8) is 0 Å². The van der Waals surface area contributed by atoms with Gasteiger partial charge in [-0.3, -0.25) is 0 Å². The number of epoxide rings is 2. The van der Waals surface area contributed by atoms with Gasteiger partial charge in [0.05, 0.1) is 18.6 Å². The van der Waals surface area contributed by atoms with E-state index in [1.807, 2.05) is 13.8 Å². The second kappa shape index (κ2) is 8.46. The zero-order chi connectivity index (χ0) is 24.2. The number of halogens is 2. The summed E-state index contributed by atoms with van der Waals surface area (Å²) in [7, 11) is 1.59. The van der Waals surface area contributed by atoms with Gasteiger partial charge in [0.15, 0.2) is 0 Å². The molecule has 10 heteroatoms. The van der Waals surface area contributed by atoms with Crippen LogP contribution in [0.15, 0.2) is 11.6 Å². The molecule has 1 unspecified atom stereocenters. The minimum absolute atomic E-state index is 0.0395. The van der Waals surface area contributed by atoms with E-state index in [0.717, 1.165) is 12.8 Å². The number of nitrogens with zero attached hydrogens (tertiary/aromatic N) is 1. The van der Waals surface area contributed by atoms with Gasteiger partial charge in [-0.15, -0.1) is 0 Å². The van der Waals surface area contributed by atoms with Crippen molar-refractivity contribution in [3.8, 4) is 0 Å². The number of carbonyl (C=O) groups is 2. The highest BCUT2D eigenvalue weighted by Gasteiger charge is 2.72. The van der Waals surface area contributed by atoms with Crippen LogP contribution in [0.3, 0.4) is 0 Å². The highest BCUT2D eigenvalue weighted by molar-refractivity contribution is 5.75. The Bertz CT molecular complexity index is 820. The van der Waals surface area contributed by atoms with Crippen molar-refractivity contribution in [1.82, 2.24) is 4.90 Å². The van der Waals surface area contributed by atoms with Gasteiger partial charge in [-0.1, -0.05) is 11.6 Å². The van der Waals surface area contributed by atoms with Gasteiger partial charge in [0, 0.05) is 32.5 Å². The van der Waals surface area contributed by atoms with Crippen LogP contribution in [-0.4, -0.2) is 84.3 Å². The molecular formula is C23H33F2NO7. The van der Waals surface area contributed by atoms with Crippen molar-refractivity contribution in [3.05, 3.63) is 11.6 Å². The summed E-state index contributed by atoms with van der Waals surface area (Å²) in [6.07, 6.45) is 1.97. The lowest BCUT2D eigenvalue weighted by molar-refractivity contribution is -0.169. The molecule has 4 aliphatic rings. The van der Waals surface area contributed by atoms with Crippen LogP contribution < -0.4 is 0 Å². The Morgan fingerprint density at radius 3 is 2.52 bits per heavy atom. The molecule has 6 atom stereocenters. The molecule has 0 aromatic rings. The van der Waals surface area contributed by atoms with E-state index in [2.05, 4.69) is 13.0 Å². The van der Waals surface area contributed by atoms with Crippen LogP contribution in [0.4, 0.5) is 13.6 Å². The lowest BCUT2D eigenvalue weighted by Crippen LogP contribution is -2.58. The standard InChI is InChI=1S/C23H33F2NO7/c1-13(2)5-6-16-21(3,33-16)18-17(30-4)15(7-8-22(18)12-31-22)32-20(29)26-10-14(11-26)9-23(24,25)19(27)28/h5,14-18H,6-12H2,1-4H3,(H,27,28)/t15-,16?,17-,18-,21+,22+/m1/s1. The van der Waals surface area contributed by atoms with Gasteiger partial charge in [0.1, 0.15) is 23.4 Å². The van der Waals surface area contributed by atoms with Crippen molar-refractivity contribution in [2.45, 2.75) is 81.9 Å². The molecule has 0 aromatic carbocycles. The Labute approximate surface area is 192 Å². The number of methoxy groups -OCH3 is 1. The number of carbonyl (C=O) groups excluding carboxylic acids is 1. The Morgan fingerprint density at radius 2 is 1.97 bits per heavy atom. The average molecular weight is 474 g/mol. The summed E-state index contributed by atoms with van der Waals surface area (Å²) in [5, 5.41) is 8.59. The molecule has 1 spiro atoms. The summed E-state index contributed by atoms with van der Waals surface area (Å²) in [6, 6.07) is 0. The Morgan fingerprint density at radius 1 is 1.30 bits per heavy atom. The van der Waals surface area contributed by atoms with E-state index >= 15 is 0 Å². The fourth-order valence-corrected chi connectivity index (χ4v) is 5.57. The van der Waals surface area contributed by atoms with Gasteiger partial charge in [-0.2, -0.15) is 8.78 Å².